The van der Waals surface area contributed by atoms with Crippen molar-refractivity contribution in [2.75, 3.05) is 24.6 Å². The summed E-state index contributed by atoms with van der Waals surface area (Å²) in [6.07, 6.45) is 0.454. The first-order valence-electron chi connectivity index (χ1n) is 8.77. The van der Waals surface area contributed by atoms with Crippen LogP contribution in [-0.4, -0.2) is 65.9 Å². The fraction of sp³-hybridized carbons (Fsp3) is 0.611. The van der Waals surface area contributed by atoms with Gasteiger partial charge < -0.3 is 10.0 Å². The molecule has 1 amide bonds. The first-order chi connectivity index (χ1) is 11.7. The molecular formula is C18H26N2O4S. The number of hydrogen-bond acceptors (Lipinski definition) is 5. The molecular weight excluding hydrogens is 340 g/mol. The Kier molecular flexibility index (Phi) is 5.06. The van der Waals surface area contributed by atoms with E-state index in [1.54, 1.807) is 23.1 Å². The van der Waals surface area contributed by atoms with Crippen LogP contribution in [0.2, 0.25) is 0 Å². The van der Waals surface area contributed by atoms with Crippen LogP contribution in [0.15, 0.2) is 24.3 Å². The van der Waals surface area contributed by atoms with Crippen molar-refractivity contribution in [3.05, 3.63) is 29.8 Å². The minimum Gasteiger partial charge on any atom is -0.508 e. The van der Waals surface area contributed by atoms with E-state index in [0.29, 0.717) is 26.1 Å². The second kappa shape index (κ2) is 6.96. The maximum absolute atomic E-state index is 12.6. The van der Waals surface area contributed by atoms with Gasteiger partial charge in [0.15, 0.2) is 9.84 Å². The second-order valence-electron chi connectivity index (χ2n) is 7.54. The molecule has 0 aliphatic carbocycles. The summed E-state index contributed by atoms with van der Waals surface area (Å²) in [4.78, 5) is 16.5. The highest BCUT2D eigenvalue weighted by Gasteiger charge is 2.47. The quantitative estimate of drug-likeness (QED) is 0.868. The van der Waals surface area contributed by atoms with E-state index in [4.69, 9.17) is 0 Å². The van der Waals surface area contributed by atoms with Crippen LogP contribution >= 0.6 is 0 Å². The molecule has 1 aromatic carbocycles. The van der Waals surface area contributed by atoms with Gasteiger partial charge >= 0.3 is 0 Å². The van der Waals surface area contributed by atoms with Gasteiger partial charge in [0.1, 0.15) is 5.75 Å². The number of benzene rings is 1. The molecule has 2 heterocycles. The summed E-state index contributed by atoms with van der Waals surface area (Å²) in [5.74, 6) is 0.673. The van der Waals surface area contributed by atoms with Crippen LogP contribution in [0.3, 0.4) is 0 Å². The molecule has 138 valence electrons. The van der Waals surface area contributed by atoms with Crippen molar-refractivity contribution >= 4 is 15.7 Å². The predicted molar refractivity (Wildman–Crippen MR) is 95.9 cm³/mol. The molecule has 0 spiro atoms. The number of nitrogens with zero attached hydrogens (tertiary/aromatic N) is 2. The molecule has 0 unspecified atom stereocenters. The van der Waals surface area contributed by atoms with Crippen LogP contribution < -0.4 is 0 Å². The number of sulfone groups is 1. The molecule has 7 heteroatoms. The van der Waals surface area contributed by atoms with Gasteiger partial charge in [-0.2, -0.15) is 0 Å². The smallest absolute Gasteiger partial charge is 0.223 e. The zero-order valence-electron chi connectivity index (χ0n) is 14.8. The summed E-state index contributed by atoms with van der Waals surface area (Å²) in [5, 5.41) is 9.64. The normalized spacial score (nSPS) is 26.0. The number of carbonyl (C=O) groups is 1. The first kappa shape index (κ1) is 18.2. The molecule has 1 N–H and O–H groups in total. The van der Waals surface area contributed by atoms with Crippen molar-refractivity contribution in [1.29, 1.82) is 0 Å². The maximum atomic E-state index is 12.6. The molecule has 0 radical (unpaired) electrons. The number of aromatic hydroxyl groups is 1. The third-order valence-corrected chi connectivity index (χ3v) is 6.69. The summed E-state index contributed by atoms with van der Waals surface area (Å²) in [6, 6.07) is 6.60. The second-order valence-corrected chi connectivity index (χ2v) is 9.69. The number of phenolic OH excluding ortho intramolecular Hbond substituents is 1. The van der Waals surface area contributed by atoms with E-state index in [0.717, 1.165) is 5.56 Å². The van der Waals surface area contributed by atoms with Crippen molar-refractivity contribution < 1.29 is 18.3 Å². The van der Waals surface area contributed by atoms with Crippen LogP contribution in [0.5, 0.6) is 5.75 Å². The molecule has 2 atom stereocenters. The van der Waals surface area contributed by atoms with Crippen LogP contribution in [0, 0.1) is 5.92 Å². The van der Waals surface area contributed by atoms with E-state index in [1.807, 2.05) is 19.9 Å². The fourth-order valence-electron chi connectivity index (χ4n) is 3.89. The van der Waals surface area contributed by atoms with Crippen LogP contribution in [0.1, 0.15) is 25.8 Å². The summed E-state index contributed by atoms with van der Waals surface area (Å²) in [5.41, 5.74) is 0.949. The molecule has 2 saturated heterocycles. The minimum absolute atomic E-state index is 0.0536. The number of amides is 1. The van der Waals surface area contributed by atoms with Gasteiger partial charge in [0.05, 0.1) is 17.5 Å². The van der Waals surface area contributed by atoms with Gasteiger partial charge in [0.25, 0.3) is 0 Å². The Morgan fingerprint density at radius 2 is 1.96 bits per heavy atom. The lowest BCUT2D eigenvalue weighted by atomic mass is 10.0. The summed E-state index contributed by atoms with van der Waals surface area (Å²) in [6.45, 7) is 5.78. The topological polar surface area (TPSA) is 77.9 Å². The molecule has 6 nitrogen and oxygen atoms in total. The molecule has 25 heavy (non-hydrogen) atoms. The van der Waals surface area contributed by atoms with Crippen molar-refractivity contribution in [3.63, 3.8) is 0 Å². The van der Waals surface area contributed by atoms with Gasteiger partial charge in [-0.1, -0.05) is 26.0 Å². The monoisotopic (exact) mass is 366 g/mol. The number of phenols is 1. The predicted octanol–water partition coefficient (Wildman–Crippen LogP) is 1.25. The van der Waals surface area contributed by atoms with Gasteiger partial charge in [-0.05, 0) is 23.6 Å². The summed E-state index contributed by atoms with van der Waals surface area (Å²) in [7, 11) is -3.14. The Balaban J connectivity index is 1.79. The number of rotatable bonds is 4. The minimum atomic E-state index is -3.14. The number of hydrogen-bond donors (Lipinski definition) is 1. The van der Waals surface area contributed by atoms with Crippen molar-refractivity contribution in [2.24, 2.45) is 5.92 Å². The van der Waals surface area contributed by atoms with E-state index in [2.05, 4.69) is 4.90 Å². The average Bonchev–Trinajstić information content (AvgIpc) is 2.82. The van der Waals surface area contributed by atoms with E-state index in [-0.39, 0.29) is 41.2 Å². The van der Waals surface area contributed by atoms with E-state index < -0.39 is 9.84 Å². The molecule has 1 aromatic rings. The van der Waals surface area contributed by atoms with Gasteiger partial charge in [-0.25, -0.2) is 8.42 Å². The van der Waals surface area contributed by atoms with Gasteiger partial charge in [-0.3, -0.25) is 9.69 Å². The Labute approximate surface area is 149 Å². The van der Waals surface area contributed by atoms with Crippen molar-refractivity contribution in [2.45, 2.75) is 38.9 Å². The molecule has 0 bridgehead atoms. The van der Waals surface area contributed by atoms with E-state index in [1.165, 1.54) is 0 Å². The molecule has 2 fully saturated rings. The average molecular weight is 366 g/mol. The number of fused-ring (bicyclic) bond motifs is 1. The van der Waals surface area contributed by atoms with Gasteiger partial charge in [-0.15, -0.1) is 0 Å². The zero-order chi connectivity index (χ0) is 18.2. The van der Waals surface area contributed by atoms with E-state index in [9.17, 15) is 18.3 Å². The first-order valence-corrected chi connectivity index (χ1v) is 10.6. The Bertz CT molecular complexity index is 747. The lowest BCUT2D eigenvalue weighted by Gasteiger charge is -2.44. The molecule has 0 aromatic heterocycles. The SMILES string of the molecule is CC(C)CC(=O)N1CCN(Cc2cccc(O)c2)[C@@H]2CS(=O)(=O)C[C@@H]21. The van der Waals surface area contributed by atoms with Gasteiger partial charge in [0, 0.05) is 32.1 Å². The molecule has 3 rings (SSSR count). The summed E-state index contributed by atoms with van der Waals surface area (Å²) < 4.78 is 24.5. The summed E-state index contributed by atoms with van der Waals surface area (Å²) >= 11 is 0. The number of piperazine rings is 1. The lowest BCUT2D eigenvalue weighted by molar-refractivity contribution is -0.137. The highest BCUT2D eigenvalue weighted by atomic mass is 32.2. The van der Waals surface area contributed by atoms with Crippen LogP contribution in [-0.2, 0) is 21.2 Å². The van der Waals surface area contributed by atoms with E-state index >= 15 is 0 Å². The largest absolute Gasteiger partial charge is 0.508 e. The molecule has 2 aliphatic heterocycles. The van der Waals surface area contributed by atoms with Crippen molar-refractivity contribution in [3.8, 4) is 5.75 Å². The molecule has 2 aliphatic rings. The number of carbonyl (C=O) groups excluding carboxylic acids is 1. The van der Waals surface area contributed by atoms with Gasteiger partial charge in [0.2, 0.25) is 5.91 Å². The third kappa shape index (κ3) is 4.15. The van der Waals surface area contributed by atoms with Crippen LogP contribution in [0.25, 0.3) is 0 Å². The Morgan fingerprint density at radius 3 is 2.64 bits per heavy atom. The van der Waals surface area contributed by atoms with Crippen molar-refractivity contribution in [1.82, 2.24) is 9.80 Å². The fourth-order valence-corrected chi connectivity index (χ4v) is 5.90. The Hall–Kier alpha value is -1.60. The standard InChI is InChI=1S/C18H26N2O4S/c1-13(2)8-18(22)20-7-6-19(10-14-4-3-5-15(21)9-14)16-11-25(23,24)12-17(16)20/h3-5,9,13,16-17,21H,6-8,10-12H2,1-2H3/t16-,17+/m1/s1. The molecule has 0 saturated carbocycles. The highest BCUT2D eigenvalue weighted by Crippen LogP contribution is 2.29. The highest BCUT2D eigenvalue weighted by molar-refractivity contribution is 7.91. The van der Waals surface area contributed by atoms with Crippen LogP contribution in [0.4, 0.5) is 0 Å². The maximum Gasteiger partial charge on any atom is 0.223 e. The lowest BCUT2D eigenvalue weighted by Crippen LogP contribution is -2.60. The third-order valence-electron chi connectivity index (χ3n) is 4.99. The zero-order valence-corrected chi connectivity index (χ0v) is 15.6. The Morgan fingerprint density at radius 1 is 1.24 bits per heavy atom.